The molecule has 1 atom stereocenters. The van der Waals surface area contributed by atoms with Crippen molar-refractivity contribution < 1.29 is 24.5 Å². The Bertz CT molecular complexity index is 1450. The number of phenols is 1. The van der Waals surface area contributed by atoms with Gasteiger partial charge in [0, 0.05) is 24.2 Å². The maximum atomic E-state index is 13.5. The number of primary amides is 1. The molecule has 10 nitrogen and oxygen atoms in total. The van der Waals surface area contributed by atoms with E-state index in [-0.39, 0.29) is 17.0 Å². The number of carboxylic acid groups (broad SMARTS) is 1. The summed E-state index contributed by atoms with van der Waals surface area (Å²) < 4.78 is 6.99. The standard InChI is InChI=1S/C26H25N5O5/c1-16-22-20(24(33)34)15-21(17-7-9-19(32)10-8-17)28-23(22)31(29-16)26(25(27)35,18-5-3-2-4-6-18)30-11-13-36-14-12-30/h2-10,15,32H,11-14H2,1H3,(H2,27,35)(H,33,34). The minimum Gasteiger partial charge on any atom is -0.508 e. The molecule has 184 valence electrons. The summed E-state index contributed by atoms with van der Waals surface area (Å²) in [6.45, 7) is 3.28. The molecule has 4 aromatic rings. The van der Waals surface area contributed by atoms with E-state index < -0.39 is 17.5 Å². The summed E-state index contributed by atoms with van der Waals surface area (Å²) in [5, 5.41) is 24.8. The van der Waals surface area contributed by atoms with Crippen LogP contribution in [0, 0.1) is 6.92 Å². The fraction of sp³-hybridized carbons (Fsp3) is 0.231. The number of nitrogens with two attached hydrogens (primary N) is 1. The highest BCUT2D eigenvalue weighted by Gasteiger charge is 2.49. The summed E-state index contributed by atoms with van der Waals surface area (Å²) in [5.41, 5.74) is 6.75. The van der Waals surface area contributed by atoms with Crippen LogP contribution in [0.15, 0.2) is 60.7 Å². The van der Waals surface area contributed by atoms with E-state index in [1.54, 1.807) is 31.2 Å². The molecule has 1 amide bonds. The van der Waals surface area contributed by atoms with E-state index in [0.29, 0.717) is 54.2 Å². The van der Waals surface area contributed by atoms with Gasteiger partial charge in [-0.3, -0.25) is 9.69 Å². The van der Waals surface area contributed by atoms with Crippen molar-refractivity contribution in [2.24, 2.45) is 5.73 Å². The predicted molar refractivity (Wildman–Crippen MR) is 131 cm³/mol. The fourth-order valence-corrected chi connectivity index (χ4v) is 4.86. The Labute approximate surface area is 206 Å². The van der Waals surface area contributed by atoms with Gasteiger partial charge in [0.1, 0.15) is 5.75 Å². The highest BCUT2D eigenvalue weighted by Crippen LogP contribution is 2.36. The van der Waals surface area contributed by atoms with Crippen LogP contribution in [0.4, 0.5) is 0 Å². The first-order valence-electron chi connectivity index (χ1n) is 11.5. The molecule has 4 N–H and O–H groups in total. The number of aromatic carboxylic acids is 1. The van der Waals surface area contributed by atoms with Gasteiger partial charge in [-0.05, 0) is 37.3 Å². The highest BCUT2D eigenvalue weighted by atomic mass is 16.5. The van der Waals surface area contributed by atoms with Gasteiger partial charge >= 0.3 is 5.97 Å². The number of nitrogens with zero attached hydrogens (tertiary/aromatic N) is 4. The molecule has 0 aliphatic carbocycles. The van der Waals surface area contributed by atoms with E-state index in [2.05, 4.69) is 0 Å². The van der Waals surface area contributed by atoms with Crippen LogP contribution in [0.25, 0.3) is 22.3 Å². The predicted octanol–water partition coefficient (Wildman–Crippen LogP) is 2.33. The molecular formula is C26H25N5O5. The molecule has 1 fully saturated rings. The van der Waals surface area contributed by atoms with Crippen LogP contribution in [-0.2, 0) is 15.2 Å². The zero-order valence-corrected chi connectivity index (χ0v) is 19.6. The third-order valence-corrected chi connectivity index (χ3v) is 6.50. The number of ether oxygens (including phenoxy) is 1. The van der Waals surface area contributed by atoms with Gasteiger partial charge in [-0.1, -0.05) is 30.3 Å². The highest BCUT2D eigenvalue weighted by molar-refractivity contribution is 6.04. The fourth-order valence-electron chi connectivity index (χ4n) is 4.86. The molecule has 1 aliphatic rings. The van der Waals surface area contributed by atoms with Crippen LogP contribution < -0.4 is 5.73 Å². The molecule has 36 heavy (non-hydrogen) atoms. The number of aromatic hydroxyl groups is 1. The van der Waals surface area contributed by atoms with Crippen molar-refractivity contribution in [3.05, 3.63) is 77.5 Å². The van der Waals surface area contributed by atoms with Gasteiger partial charge in [0.2, 0.25) is 5.66 Å². The molecule has 0 saturated carbocycles. The number of fused-ring (bicyclic) bond motifs is 1. The average Bonchev–Trinajstić information content (AvgIpc) is 3.22. The minimum absolute atomic E-state index is 0.000217. The van der Waals surface area contributed by atoms with Crippen molar-refractivity contribution in [3.63, 3.8) is 0 Å². The largest absolute Gasteiger partial charge is 0.508 e. The number of amides is 1. The summed E-state index contributed by atoms with van der Waals surface area (Å²) in [7, 11) is 0. The van der Waals surface area contributed by atoms with E-state index in [4.69, 9.17) is 20.6 Å². The van der Waals surface area contributed by atoms with Crippen LogP contribution in [0.1, 0.15) is 21.6 Å². The lowest BCUT2D eigenvalue weighted by molar-refractivity contribution is -0.138. The number of hydrogen-bond acceptors (Lipinski definition) is 7. The molecular weight excluding hydrogens is 462 g/mol. The Morgan fingerprint density at radius 1 is 1.06 bits per heavy atom. The van der Waals surface area contributed by atoms with E-state index in [0.717, 1.165) is 0 Å². The lowest BCUT2D eigenvalue weighted by Gasteiger charge is -2.43. The first-order valence-corrected chi connectivity index (χ1v) is 11.5. The maximum Gasteiger partial charge on any atom is 0.336 e. The van der Waals surface area contributed by atoms with Crippen molar-refractivity contribution in [2.45, 2.75) is 12.6 Å². The molecule has 0 bridgehead atoms. The second-order valence-corrected chi connectivity index (χ2v) is 8.60. The summed E-state index contributed by atoms with van der Waals surface area (Å²) >= 11 is 0. The molecule has 1 saturated heterocycles. The Balaban J connectivity index is 1.88. The second kappa shape index (κ2) is 9.06. The Morgan fingerprint density at radius 3 is 2.33 bits per heavy atom. The topological polar surface area (TPSA) is 144 Å². The first kappa shape index (κ1) is 23.5. The average molecular weight is 488 g/mol. The molecule has 3 heterocycles. The van der Waals surface area contributed by atoms with Gasteiger partial charge in [0.15, 0.2) is 5.65 Å². The Hall–Kier alpha value is -4.28. The van der Waals surface area contributed by atoms with Crippen LogP contribution in [0.5, 0.6) is 5.75 Å². The number of carbonyl (C=O) groups is 2. The summed E-state index contributed by atoms with van der Waals surface area (Å²) in [4.78, 5) is 32.5. The maximum absolute atomic E-state index is 13.5. The molecule has 10 heteroatoms. The summed E-state index contributed by atoms with van der Waals surface area (Å²) in [5.74, 6) is -1.75. The van der Waals surface area contributed by atoms with E-state index >= 15 is 0 Å². The van der Waals surface area contributed by atoms with Crippen LogP contribution in [0.2, 0.25) is 0 Å². The zero-order chi connectivity index (χ0) is 25.4. The molecule has 1 unspecified atom stereocenters. The number of pyridine rings is 1. The summed E-state index contributed by atoms with van der Waals surface area (Å²) in [6, 6.07) is 16.8. The smallest absolute Gasteiger partial charge is 0.336 e. The zero-order valence-electron chi connectivity index (χ0n) is 19.6. The second-order valence-electron chi connectivity index (χ2n) is 8.60. The quantitative estimate of drug-likeness (QED) is 0.376. The normalized spacial score (nSPS) is 16.0. The first-order chi connectivity index (χ1) is 17.3. The number of hydrogen-bond donors (Lipinski definition) is 3. The van der Waals surface area contributed by atoms with Crippen molar-refractivity contribution >= 4 is 22.9 Å². The number of benzene rings is 2. The van der Waals surface area contributed by atoms with Crippen molar-refractivity contribution in [2.75, 3.05) is 26.3 Å². The van der Waals surface area contributed by atoms with Crippen molar-refractivity contribution in [3.8, 4) is 17.0 Å². The van der Waals surface area contributed by atoms with Gasteiger partial charge < -0.3 is 20.7 Å². The molecule has 0 spiro atoms. The lowest BCUT2D eigenvalue weighted by atomic mass is 9.95. The van der Waals surface area contributed by atoms with E-state index in [1.165, 1.54) is 22.9 Å². The SMILES string of the molecule is Cc1nn(C(C(N)=O)(c2ccccc2)N2CCOCC2)c2nc(-c3ccc(O)cc3)cc(C(=O)O)c12. The van der Waals surface area contributed by atoms with Crippen molar-refractivity contribution in [1.82, 2.24) is 19.7 Å². The Morgan fingerprint density at radius 2 is 1.72 bits per heavy atom. The monoisotopic (exact) mass is 487 g/mol. The molecule has 2 aromatic carbocycles. The molecule has 1 aliphatic heterocycles. The van der Waals surface area contributed by atoms with Crippen LogP contribution >= 0.6 is 0 Å². The third kappa shape index (κ3) is 3.67. The van der Waals surface area contributed by atoms with Crippen molar-refractivity contribution in [1.29, 1.82) is 0 Å². The number of aryl methyl sites for hydroxylation is 1. The number of aromatic nitrogens is 3. The summed E-state index contributed by atoms with van der Waals surface area (Å²) in [6.07, 6.45) is 0. The van der Waals surface area contributed by atoms with Gasteiger partial charge in [0.25, 0.3) is 5.91 Å². The number of carboxylic acids is 1. The van der Waals surface area contributed by atoms with Gasteiger partial charge in [0.05, 0.1) is 35.6 Å². The number of rotatable bonds is 6. The van der Waals surface area contributed by atoms with Crippen LogP contribution in [-0.4, -0.2) is 68.1 Å². The van der Waals surface area contributed by atoms with Gasteiger partial charge in [-0.15, -0.1) is 0 Å². The third-order valence-electron chi connectivity index (χ3n) is 6.50. The number of morpholine rings is 1. The number of phenolic OH excluding ortho intramolecular Hbond substituents is 1. The molecule has 5 rings (SSSR count). The molecule has 0 radical (unpaired) electrons. The van der Waals surface area contributed by atoms with Gasteiger partial charge in [-0.2, -0.15) is 5.10 Å². The minimum atomic E-state index is -1.58. The van der Waals surface area contributed by atoms with E-state index in [1.807, 2.05) is 23.1 Å². The Kier molecular flexibility index (Phi) is 5.91. The lowest BCUT2D eigenvalue weighted by Crippen LogP contribution is -2.62. The number of carbonyl (C=O) groups excluding carboxylic acids is 1. The van der Waals surface area contributed by atoms with Crippen LogP contribution in [0.3, 0.4) is 0 Å². The molecule has 2 aromatic heterocycles. The van der Waals surface area contributed by atoms with Gasteiger partial charge in [-0.25, -0.2) is 14.5 Å². The van der Waals surface area contributed by atoms with E-state index in [9.17, 15) is 19.8 Å².